The van der Waals surface area contributed by atoms with Crippen molar-refractivity contribution in [3.05, 3.63) is 60.1 Å². The number of amides is 2. The molecule has 8 heteroatoms. The minimum Gasteiger partial charge on any atom is -0.469 e. The molecule has 0 N–H and O–H groups in total. The molecule has 1 aromatic heterocycles. The fourth-order valence-electron chi connectivity index (χ4n) is 4.02. The van der Waals surface area contributed by atoms with Gasteiger partial charge in [-0.05, 0) is 24.1 Å². The van der Waals surface area contributed by atoms with Gasteiger partial charge in [0.15, 0.2) is 0 Å². The Morgan fingerprint density at radius 1 is 1.17 bits per heavy atom. The van der Waals surface area contributed by atoms with Crippen LogP contribution in [0.4, 0.5) is 4.79 Å². The first kappa shape index (κ1) is 19.0. The fourth-order valence-corrected chi connectivity index (χ4v) is 4.02. The van der Waals surface area contributed by atoms with Crippen LogP contribution < -0.4 is 0 Å². The van der Waals surface area contributed by atoms with E-state index in [-0.39, 0.29) is 31.1 Å². The van der Waals surface area contributed by atoms with E-state index in [2.05, 4.69) is 0 Å². The number of cyclic esters (lactones) is 1. The van der Waals surface area contributed by atoms with Crippen LogP contribution in [0.15, 0.2) is 53.1 Å². The van der Waals surface area contributed by atoms with Crippen LogP contribution >= 0.6 is 0 Å². The molecule has 3 atom stereocenters. The number of hydrogen-bond donors (Lipinski definition) is 0. The van der Waals surface area contributed by atoms with Gasteiger partial charge in [0.1, 0.15) is 25.0 Å². The molecule has 2 amide bonds. The maximum atomic E-state index is 12.9. The molecule has 1 unspecified atom stereocenters. The van der Waals surface area contributed by atoms with Crippen molar-refractivity contribution < 1.29 is 28.3 Å². The number of aryl methyl sites for hydroxylation is 1. The fraction of sp³-hybridized carbons (Fsp3) is 0.381. The third-order valence-corrected chi connectivity index (χ3v) is 5.49. The first-order valence-electron chi connectivity index (χ1n) is 9.50. The molecular weight excluding hydrogens is 376 g/mol. The average Bonchev–Trinajstić information content (AvgIpc) is 3.39. The third kappa shape index (κ3) is 3.57. The second kappa shape index (κ2) is 7.98. The number of benzene rings is 1. The van der Waals surface area contributed by atoms with Gasteiger partial charge in [0, 0.05) is 6.42 Å². The number of ether oxygens (including phenoxy) is 2. The summed E-state index contributed by atoms with van der Waals surface area (Å²) in [6.07, 6.45) is 2.20. The normalized spacial score (nSPS) is 23.7. The molecular formula is C21H22N2O6. The highest BCUT2D eigenvalue weighted by molar-refractivity contribution is 5.95. The Labute approximate surface area is 168 Å². The van der Waals surface area contributed by atoms with E-state index < -0.39 is 18.1 Å². The maximum Gasteiger partial charge on any atom is 0.411 e. The lowest BCUT2D eigenvalue weighted by Crippen LogP contribution is -2.71. The molecule has 0 spiro atoms. The standard InChI is InChI=1S/C21H22N2O6/c1-27-18(24)12-22-16(10-9-15-8-5-11-28-15)19(20(22)25)23-17(13-29-21(23)26)14-6-3-2-4-7-14/h2-8,11,16-17,19H,9-10,12-13H2,1H3/t16-,17?,19+/m1/s1. The van der Waals surface area contributed by atoms with Gasteiger partial charge < -0.3 is 18.8 Å². The quantitative estimate of drug-likeness (QED) is 0.525. The van der Waals surface area contributed by atoms with Gasteiger partial charge in [-0.25, -0.2) is 4.79 Å². The van der Waals surface area contributed by atoms with Crippen LogP contribution in [0.3, 0.4) is 0 Å². The van der Waals surface area contributed by atoms with Crippen LogP contribution in [0.25, 0.3) is 0 Å². The molecule has 2 aliphatic rings. The number of hydrogen-bond acceptors (Lipinski definition) is 6. The third-order valence-electron chi connectivity index (χ3n) is 5.49. The number of β-lactam (4-membered cyclic amide) rings is 1. The van der Waals surface area contributed by atoms with E-state index in [1.54, 1.807) is 12.3 Å². The SMILES string of the molecule is COC(=O)CN1C(=O)[C@@H](N2C(=O)OCC2c2ccccc2)[C@H]1CCc1ccco1. The van der Waals surface area contributed by atoms with Crippen molar-refractivity contribution in [2.45, 2.75) is 31.0 Å². The highest BCUT2D eigenvalue weighted by Crippen LogP contribution is 2.38. The summed E-state index contributed by atoms with van der Waals surface area (Å²) >= 11 is 0. The van der Waals surface area contributed by atoms with E-state index in [4.69, 9.17) is 13.9 Å². The minimum atomic E-state index is -0.685. The summed E-state index contributed by atoms with van der Waals surface area (Å²) < 4.78 is 15.4. The summed E-state index contributed by atoms with van der Waals surface area (Å²) in [6, 6.07) is 11.8. The predicted molar refractivity (Wildman–Crippen MR) is 101 cm³/mol. The molecule has 3 heterocycles. The van der Waals surface area contributed by atoms with E-state index in [1.807, 2.05) is 36.4 Å². The van der Waals surface area contributed by atoms with E-state index >= 15 is 0 Å². The number of esters is 1. The molecule has 0 bridgehead atoms. The summed E-state index contributed by atoms with van der Waals surface area (Å²) in [5.74, 6) is 0.00718. The smallest absolute Gasteiger partial charge is 0.411 e. The van der Waals surface area contributed by atoms with Crippen molar-refractivity contribution in [3.63, 3.8) is 0 Å². The van der Waals surface area contributed by atoms with Crippen molar-refractivity contribution in [1.29, 1.82) is 0 Å². The average molecular weight is 398 g/mol. The van der Waals surface area contributed by atoms with Gasteiger partial charge in [0.2, 0.25) is 5.91 Å². The topological polar surface area (TPSA) is 89.3 Å². The molecule has 0 radical (unpaired) electrons. The zero-order chi connectivity index (χ0) is 20.4. The lowest BCUT2D eigenvalue weighted by Gasteiger charge is -2.50. The Hall–Kier alpha value is -3.29. The van der Waals surface area contributed by atoms with Crippen LogP contribution in [0.1, 0.15) is 23.8 Å². The van der Waals surface area contributed by atoms with Gasteiger partial charge in [-0.2, -0.15) is 0 Å². The first-order chi connectivity index (χ1) is 14.1. The van der Waals surface area contributed by atoms with Crippen molar-refractivity contribution in [3.8, 4) is 0 Å². The van der Waals surface area contributed by atoms with E-state index in [1.165, 1.54) is 16.9 Å². The van der Waals surface area contributed by atoms with E-state index in [9.17, 15) is 14.4 Å². The zero-order valence-corrected chi connectivity index (χ0v) is 16.0. The van der Waals surface area contributed by atoms with Crippen LogP contribution in [0.5, 0.6) is 0 Å². The number of furan rings is 1. The maximum absolute atomic E-state index is 12.9. The molecule has 0 saturated carbocycles. The Morgan fingerprint density at radius 2 is 1.97 bits per heavy atom. The van der Waals surface area contributed by atoms with Gasteiger partial charge >= 0.3 is 12.1 Å². The number of rotatable bonds is 7. The molecule has 0 aliphatic carbocycles. The van der Waals surface area contributed by atoms with Gasteiger partial charge in [-0.15, -0.1) is 0 Å². The summed E-state index contributed by atoms with van der Waals surface area (Å²) in [5.41, 5.74) is 0.905. The van der Waals surface area contributed by atoms with Crippen LogP contribution in [-0.2, 0) is 25.5 Å². The molecule has 2 aromatic rings. The highest BCUT2D eigenvalue weighted by atomic mass is 16.6. The highest BCUT2D eigenvalue weighted by Gasteiger charge is 2.56. The monoisotopic (exact) mass is 398 g/mol. The number of nitrogens with zero attached hydrogens (tertiary/aromatic N) is 2. The molecule has 1 aromatic carbocycles. The molecule has 2 aliphatic heterocycles. The van der Waals surface area contributed by atoms with Gasteiger partial charge in [0.25, 0.3) is 0 Å². The largest absolute Gasteiger partial charge is 0.469 e. The minimum absolute atomic E-state index is 0.145. The molecule has 152 valence electrons. The summed E-state index contributed by atoms with van der Waals surface area (Å²) in [4.78, 5) is 40.2. The predicted octanol–water partition coefficient (Wildman–Crippen LogP) is 2.16. The summed E-state index contributed by atoms with van der Waals surface area (Å²) in [6.45, 7) is 0.0437. The Bertz CT molecular complexity index is 882. The molecule has 2 saturated heterocycles. The Morgan fingerprint density at radius 3 is 2.66 bits per heavy atom. The molecule has 29 heavy (non-hydrogen) atoms. The van der Waals surface area contributed by atoms with Gasteiger partial charge in [-0.1, -0.05) is 30.3 Å². The van der Waals surface area contributed by atoms with E-state index in [0.29, 0.717) is 12.8 Å². The van der Waals surface area contributed by atoms with Crippen molar-refractivity contribution in [1.82, 2.24) is 9.80 Å². The zero-order valence-electron chi connectivity index (χ0n) is 16.0. The number of carbonyl (C=O) groups excluding carboxylic acids is 3. The molecule has 4 rings (SSSR count). The second-order valence-electron chi connectivity index (χ2n) is 7.08. The lowest BCUT2D eigenvalue weighted by molar-refractivity contribution is -0.165. The van der Waals surface area contributed by atoms with Crippen LogP contribution in [-0.4, -0.2) is 60.1 Å². The molecule has 8 nitrogen and oxygen atoms in total. The second-order valence-corrected chi connectivity index (χ2v) is 7.08. The first-order valence-corrected chi connectivity index (χ1v) is 9.50. The summed E-state index contributed by atoms with van der Waals surface area (Å²) in [7, 11) is 1.28. The van der Waals surface area contributed by atoms with Crippen LogP contribution in [0, 0.1) is 0 Å². The summed E-state index contributed by atoms with van der Waals surface area (Å²) in [5, 5.41) is 0. The number of methoxy groups -OCH3 is 1. The van der Waals surface area contributed by atoms with Crippen molar-refractivity contribution in [2.24, 2.45) is 0 Å². The number of likely N-dealkylation sites (tertiary alicyclic amines) is 1. The van der Waals surface area contributed by atoms with Gasteiger partial charge in [0.05, 0.1) is 25.5 Å². The Balaban J connectivity index is 1.57. The van der Waals surface area contributed by atoms with Crippen molar-refractivity contribution >= 4 is 18.0 Å². The number of carbonyl (C=O) groups is 3. The van der Waals surface area contributed by atoms with Crippen LogP contribution in [0.2, 0.25) is 0 Å². The van der Waals surface area contributed by atoms with Crippen molar-refractivity contribution in [2.75, 3.05) is 20.3 Å². The molecule has 2 fully saturated rings. The van der Waals surface area contributed by atoms with Gasteiger partial charge in [-0.3, -0.25) is 14.5 Å². The lowest BCUT2D eigenvalue weighted by atomic mass is 9.87. The van der Waals surface area contributed by atoms with E-state index in [0.717, 1.165) is 11.3 Å². The Kier molecular flexibility index (Phi) is 5.24.